The Kier molecular flexibility index (Phi) is 6.81. The van der Waals surface area contributed by atoms with E-state index in [-0.39, 0.29) is 0 Å². The van der Waals surface area contributed by atoms with Gasteiger partial charge in [0.05, 0.1) is 0 Å². The molecule has 2 atom stereocenters. The molecule has 1 aliphatic heterocycles. The Morgan fingerprint density at radius 3 is 1.94 bits per heavy atom. The third-order valence-corrected chi connectivity index (χ3v) is 7.06. The molecule has 164 valence electrons. The predicted octanol–water partition coefficient (Wildman–Crippen LogP) is 6.07. The molecule has 0 radical (unpaired) electrons. The van der Waals surface area contributed by atoms with E-state index in [1.807, 2.05) is 0 Å². The van der Waals surface area contributed by atoms with Gasteiger partial charge in [0, 0.05) is 31.6 Å². The monoisotopic (exact) mass is 422 g/mol. The Morgan fingerprint density at radius 1 is 0.781 bits per heavy atom. The molecule has 1 saturated heterocycles. The minimum Gasteiger partial charge on any atom is -0.302 e. The van der Waals surface area contributed by atoms with Crippen LogP contribution in [0.25, 0.3) is 5.57 Å². The number of benzene rings is 3. The lowest BCUT2D eigenvalue weighted by molar-refractivity contribution is 0.231. The number of hydrogen-bond donors (Lipinski definition) is 0. The normalized spacial score (nSPS) is 20.4. The van der Waals surface area contributed by atoms with E-state index >= 15 is 0 Å². The van der Waals surface area contributed by atoms with E-state index in [1.165, 1.54) is 61.2 Å². The number of likely N-dealkylation sites (tertiary alicyclic amines) is 1. The van der Waals surface area contributed by atoms with Gasteiger partial charge in [-0.2, -0.15) is 0 Å². The van der Waals surface area contributed by atoms with Crippen LogP contribution in [-0.4, -0.2) is 48.6 Å². The molecule has 5 rings (SSSR count). The van der Waals surface area contributed by atoms with Crippen molar-refractivity contribution in [2.45, 2.75) is 31.2 Å². The van der Waals surface area contributed by atoms with E-state index in [2.05, 4.69) is 107 Å². The van der Waals surface area contributed by atoms with E-state index in [0.29, 0.717) is 12.0 Å². The first-order valence-electron chi connectivity index (χ1n) is 12.2. The van der Waals surface area contributed by atoms with Crippen molar-refractivity contribution >= 4 is 5.57 Å². The minimum absolute atomic E-state index is 0.657. The number of rotatable bonds is 9. The van der Waals surface area contributed by atoms with Gasteiger partial charge in [-0.1, -0.05) is 97.1 Å². The molecule has 0 aromatic heterocycles. The number of hydrogen-bond acceptors (Lipinski definition) is 2. The standard InChI is InChI=1S/C30H34N2/c1-4-12-25(13-5-1)28(26-14-6-2-7-15-26)18-21-32(23-22-31-19-10-11-20-31)30-24-29(30)27-16-8-3-9-17-27/h1-9,12-18,29-30H,10-11,19-24H2/t29-,30+/m0/s1. The fourth-order valence-electron chi connectivity index (χ4n) is 5.16. The van der Waals surface area contributed by atoms with E-state index in [1.54, 1.807) is 0 Å². The van der Waals surface area contributed by atoms with Gasteiger partial charge in [0.1, 0.15) is 0 Å². The molecule has 0 amide bonds. The van der Waals surface area contributed by atoms with Crippen molar-refractivity contribution < 1.29 is 0 Å². The highest BCUT2D eigenvalue weighted by Gasteiger charge is 2.42. The zero-order chi connectivity index (χ0) is 21.6. The van der Waals surface area contributed by atoms with Crippen LogP contribution in [0.2, 0.25) is 0 Å². The molecule has 2 fully saturated rings. The molecule has 1 aliphatic carbocycles. The molecule has 2 aliphatic rings. The van der Waals surface area contributed by atoms with Crippen LogP contribution < -0.4 is 0 Å². The van der Waals surface area contributed by atoms with E-state index in [0.717, 1.165) is 13.1 Å². The largest absolute Gasteiger partial charge is 0.302 e. The molecule has 1 saturated carbocycles. The summed E-state index contributed by atoms with van der Waals surface area (Å²) in [4.78, 5) is 5.38. The van der Waals surface area contributed by atoms with Crippen molar-refractivity contribution in [2.24, 2.45) is 0 Å². The van der Waals surface area contributed by atoms with Crippen molar-refractivity contribution in [2.75, 3.05) is 32.7 Å². The average Bonchev–Trinajstić information content (AvgIpc) is 3.48. The van der Waals surface area contributed by atoms with Crippen LogP contribution in [0.1, 0.15) is 41.9 Å². The fourth-order valence-corrected chi connectivity index (χ4v) is 5.16. The summed E-state index contributed by atoms with van der Waals surface area (Å²) in [6, 6.07) is 33.5. The maximum atomic E-state index is 2.74. The second-order valence-corrected chi connectivity index (χ2v) is 9.21. The fraction of sp³-hybridized carbons (Fsp3) is 0.333. The smallest absolute Gasteiger partial charge is 0.0176 e. The minimum atomic E-state index is 0.657. The van der Waals surface area contributed by atoms with Crippen molar-refractivity contribution in [3.63, 3.8) is 0 Å². The first kappa shape index (κ1) is 21.2. The first-order chi connectivity index (χ1) is 15.9. The summed E-state index contributed by atoms with van der Waals surface area (Å²) in [5.74, 6) is 0.681. The predicted molar refractivity (Wildman–Crippen MR) is 135 cm³/mol. The average molecular weight is 423 g/mol. The van der Waals surface area contributed by atoms with E-state index < -0.39 is 0 Å². The molecule has 0 unspecified atom stereocenters. The van der Waals surface area contributed by atoms with Crippen molar-refractivity contribution in [3.05, 3.63) is 114 Å². The van der Waals surface area contributed by atoms with Gasteiger partial charge >= 0.3 is 0 Å². The summed E-state index contributed by atoms with van der Waals surface area (Å²) in [5.41, 5.74) is 5.44. The molecule has 2 heteroatoms. The van der Waals surface area contributed by atoms with Gasteiger partial charge in [-0.05, 0) is 54.6 Å². The summed E-state index contributed by atoms with van der Waals surface area (Å²) >= 11 is 0. The van der Waals surface area contributed by atoms with Crippen LogP contribution in [0.5, 0.6) is 0 Å². The van der Waals surface area contributed by atoms with Crippen LogP contribution >= 0.6 is 0 Å². The summed E-state index contributed by atoms with van der Waals surface area (Å²) in [5, 5.41) is 0. The van der Waals surface area contributed by atoms with E-state index in [9.17, 15) is 0 Å². The van der Waals surface area contributed by atoms with Gasteiger partial charge in [-0.15, -0.1) is 0 Å². The Hall–Kier alpha value is -2.68. The van der Waals surface area contributed by atoms with Gasteiger partial charge in [0.2, 0.25) is 0 Å². The maximum Gasteiger partial charge on any atom is 0.0176 e. The molecule has 3 aromatic rings. The molecule has 3 aromatic carbocycles. The highest BCUT2D eigenvalue weighted by atomic mass is 15.2. The number of nitrogens with zero attached hydrogens (tertiary/aromatic N) is 2. The van der Waals surface area contributed by atoms with Crippen LogP contribution in [0, 0.1) is 0 Å². The van der Waals surface area contributed by atoms with Crippen LogP contribution in [-0.2, 0) is 0 Å². The molecular weight excluding hydrogens is 388 g/mol. The first-order valence-corrected chi connectivity index (χ1v) is 12.2. The van der Waals surface area contributed by atoms with Crippen molar-refractivity contribution in [3.8, 4) is 0 Å². The molecule has 0 spiro atoms. The molecular formula is C30H34N2. The van der Waals surface area contributed by atoms with Crippen LogP contribution in [0.15, 0.2) is 97.1 Å². The third-order valence-electron chi connectivity index (χ3n) is 7.06. The molecule has 32 heavy (non-hydrogen) atoms. The quantitative estimate of drug-likeness (QED) is 0.413. The molecule has 2 nitrogen and oxygen atoms in total. The lowest BCUT2D eigenvalue weighted by atomic mass is 9.97. The zero-order valence-electron chi connectivity index (χ0n) is 18.9. The van der Waals surface area contributed by atoms with E-state index in [4.69, 9.17) is 0 Å². The lowest BCUT2D eigenvalue weighted by Crippen LogP contribution is -2.36. The molecule has 0 bridgehead atoms. The van der Waals surface area contributed by atoms with Gasteiger partial charge in [-0.25, -0.2) is 0 Å². The maximum absolute atomic E-state index is 2.74. The lowest BCUT2D eigenvalue weighted by Gasteiger charge is -2.25. The second-order valence-electron chi connectivity index (χ2n) is 9.21. The van der Waals surface area contributed by atoms with Gasteiger partial charge in [-0.3, -0.25) is 4.90 Å². The van der Waals surface area contributed by atoms with Gasteiger partial charge in [0.15, 0.2) is 0 Å². The Balaban J connectivity index is 1.37. The second kappa shape index (κ2) is 10.3. The summed E-state index contributed by atoms with van der Waals surface area (Å²) in [6.45, 7) is 5.89. The Morgan fingerprint density at radius 2 is 1.34 bits per heavy atom. The third kappa shape index (κ3) is 5.20. The molecule has 0 N–H and O–H groups in total. The Labute approximate surface area is 193 Å². The highest BCUT2D eigenvalue weighted by molar-refractivity contribution is 5.79. The van der Waals surface area contributed by atoms with Crippen LogP contribution in [0.4, 0.5) is 0 Å². The summed E-state index contributed by atoms with van der Waals surface area (Å²) < 4.78 is 0. The Bertz CT molecular complexity index is 949. The summed E-state index contributed by atoms with van der Waals surface area (Å²) in [6.07, 6.45) is 6.48. The van der Waals surface area contributed by atoms with Gasteiger partial charge < -0.3 is 4.90 Å². The SMILES string of the molecule is C(CN(CCN1CCCC1)[C@@H]1C[C@H]1c1ccccc1)=C(c1ccccc1)c1ccccc1. The zero-order valence-corrected chi connectivity index (χ0v) is 18.9. The van der Waals surface area contributed by atoms with Crippen molar-refractivity contribution in [1.82, 2.24) is 9.80 Å². The topological polar surface area (TPSA) is 6.48 Å². The van der Waals surface area contributed by atoms with Crippen molar-refractivity contribution in [1.29, 1.82) is 0 Å². The molecule has 1 heterocycles. The van der Waals surface area contributed by atoms with Gasteiger partial charge in [0.25, 0.3) is 0 Å². The highest BCUT2D eigenvalue weighted by Crippen LogP contribution is 2.44. The van der Waals surface area contributed by atoms with Crippen LogP contribution in [0.3, 0.4) is 0 Å². The summed E-state index contributed by atoms with van der Waals surface area (Å²) in [7, 11) is 0.